The molecule has 4 aliphatic heterocycles. The second kappa shape index (κ2) is 30.4. The van der Waals surface area contributed by atoms with E-state index in [1.54, 1.807) is 40.9 Å². The molecule has 1 aliphatic carbocycles. The van der Waals surface area contributed by atoms with Gasteiger partial charge in [0.05, 0.1) is 43.7 Å². The van der Waals surface area contributed by atoms with Crippen LogP contribution < -0.4 is 5.32 Å². The van der Waals surface area contributed by atoms with E-state index in [9.17, 15) is 48.9 Å². The molecule has 0 radical (unpaired) electrons. The Balaban J connectivity index is 1.44. The number of nitrogens with zero attached hydrogens (tertiary/aromatic N) is 2. The van der Waals surface area contributed by atoms with Crippen molar-refractivity contribution in [3.8, 4) is 0 Å². The molecule has 0 spiro atoms. The van der Waals surface area contributed by atoms with Crippen LogP contribution in [0.25, 0.3) is 0 Å². The number of rotatable bonds is 10. The second-order valence-electron chi connectivity index (χ2n) is 22.9. The molecule has 0 aromatic rings. The molecule has 16 atom stereocenters. The molecule has 1 unspecified atom stereocenters. The summed E-state index contributed by atoms with van der Waals surface area (Å²) >= 11 is 0. The zero-order valence-corrected chi connectivity index (χ0v) is 47.9. The monoisotopic (exact) mass is 1100 g/mol. The molecule has 3 saturated heterocycles. The van der Waals surface area contributed by atoms with E-state index in [-0.39, 0.29) is 80.5 Å². The highest BCUT2D eigenvalue weighted by molar-refractivity contribution is 6.39. The highest BCUT2D eigenvalue weighted by Gasteiger charge is 2.53. The van der Waals surface area contributed by atoms with Gasteiger partial charge in [-0.2, -0.15) is 0 Å². The Morgan fingerprint density at radius 2 is 1.59 bits per heavy atom. The summed E-state index contributed by atoms with van der Waals surface area (Å²) in [5.74, 6) is -8.97. The van der Waals surface area contributed by atoms with E-state index >= 15 is 0 Å². The fourth-order valence-corrected chi connectivity index (χ4v) is 11.7. The molecule has 4 amide bonds. The van der Waals surface area contributed by atoms with Crippen molar-refractivity contribution in [2.45, 2.75) is 200 Å². The fourth-order valence-electron chi connectivity index (χ4n) is 11.7. The van der Waals surface area contributed by atoms with Crippen molar-refractivity contribution in [3.05, 3.63) is 47.6 Å². The lowest BCUT2D eigenvalue weighted by atomic mass is 9.78. The minimum Gasteiger partial charge on any atom is -0.460 e. The van der Waals surface area contributed by atoms with Gasteiger partial charge in [0.25, 0.3) is 11.7 Å². The molecule has 19 heteroatoms. The van der Waals surface area contributed by atoms with Crippen LogP contribution in [0, 0.1) is 35.5 Å². The average Bonchev–Trinajstić information content (AvgIpc) is 3.93. The van der Waals surface area contributed by atoms with Gasteiger partial charge in [-0.1, -0.05) is 71.1 Å². The number of hydrogen-bond donors (Lipinski definition) is 4. The lowest BCUT2D eigenvalue weighted by Gasteiger charge is -2.43. The third-order valence-corrected chi connectivity index (χ3v) is 16.7. The third kappa shape index (κ3) is 17.8. The summed E-state index contributed by atoms with van der Waals surface area (Å²) in [5, 5.41) is 36.6. The average molecular weight is 1100 g/mol. The van der Waals surface area contributed by atoms with Crippen LogP contribution in [-0.4, -0.2) is 174 Å². The Morgan fingerprint density at radius 1 is 0.859 bits per heavy atom. The Kier molecular flexibility index (Phi) is 25.1. The van der Waals surface area contributed by atoms with Gasteiger partial charge in [-0.3, -0.25) is 29.3 Å². The number of Topliss-reactive ketones (excluding diaryl/α,β-unsaturated/α-hetero) is 3. The molecule has 0 aromatic carbocycles. The van der Waals surface area contributed by atoms with E-state index in [0.717, 1.165) is 5.57 Å². The number of esters is 1. The van der Waals surface area contributed by atoms with Crippen LogP contribution >= 0.6 is 0 Å². The van der Waals surface area contributed by atoms with E-state index in [0.29, 0.717) is 82.9 Å². The highest BCUT2D eigenvalue weighted by Crippen LogP contribution is 2.38. The quantitative estimate of drug-likeness (QED) is 0.0860. The maximum absolute atomic E-state index is 14.5. The molecule has 2 bridgehead atoms. The topological polar surface area (TPSA) is 254 Å². The predicted octanol–water partition coefficient (Wildman–Crippen LogP) is 5.90. The molecule has 4 heterocycles. The highest BCUT2D eigenvalue weighted by atomic mass is 16.6. The predicted molar refractivity (Wildman–Crippen MR) is 289 cm³/mol. The molecule has 78 heavy (non-hydrogen) atoms. The molecule has 5 aliphatic rings. The van der Waals surface area contributed by atoms with Crippen molar-refractivity contribution in [2.24, 2.45) is 35.5 Å². The number of hydrogen-bond acceptors (Lipinski definition) is 16. The Labute approximate surface area is 461 Å². The first-order valence-corrected chi connectivity index (χ1v) is 28.4. The zero-order valence-electron chi connectivity index (χ0n) is 47.9. The molecule has 5 rings (SSSR count). The van der Waals surface area contributed by atoms with Gasteiger partial charge in [0.15, 0.2) is 5.78 Å². The fraction of sp³-hybridized carbons (Fsp3) is 0.746. The lowest BCUT2D eigenvalue weighted by Crippen LogP contribution is -2.61. The van der Waals surface area contributed by atoms with E-state index in [1.807, 2.05) is 51.2 Å². The van der Waals surface area contributed by atoms with E-state index in [1.165, 1.54) is 23.8 Å². The molecule has 19 nitrogen and oxygen atoms in total. The van der Waals surface area contributed by atoms with Gasteiger partial charge >= 0.3 is 12.0 Å². The van der Waals surface area contributed by atoms with Crippen molar-refractivity contribution in [1.82, 2.24) is 15.1 Å². The number of amides is 4. The minimum atomic E-state index is -2.53. The summed E-state index contributed by atoms with van der Waals surface area (Å²) in [5.41, 5.74) is 1.16. The largest absolute Gasteiger partial charge is 0.460 e. The van der Waals surface area contributed by atoms with E-state index < -0.39 is 95.8 Å². The second-order valence-corrected chi connectivity index (χ2v) is 22.9. The number of nitrogens with one attached hydrogen (secondary N) is 1. The SMILES string of the molecule is CO[C@@H]1C[C@H](C[C@@H](C)[C@@H]2CC(=O)[C@H](C)/C=C(\C)[C@@H](O)[C@@H](OC)C(=O)[C@H](C)C[C@H](C)/C=C/C=C/C=C(\C)C(OCCO[C@@H]3CCN(C(=O)NC(C)=O)C3)C[C@@H]3CC[C@@H](C)[C@@](O)(O3)C(=O)C(=O)N3CCCC[C@H]3C(=O)O2)CC[C@H]1O. The Bertz CT molecular complexity index is 2200. The Morgan fingerprint density at radius 3 is 2.29 bits per heavy atom. The minimum absolute atomic E-state index is 0.0410. The van der Waals surface area contributed by atoms with Crippen LogP contribution in [0.5, 0.6) is 0 Å². The molecule has 438 valence electrons. The molecule has 1 saturated carbocycles. The van der Waals surface area contributed by atoms with Crippen molar-refractivity contribution < 1.29 is 77.3 Å². The number of imide groups is 1. The molecular weight excluding hydrogens is 1010 g/mol. The number of piperidine rings is 1. The number of methoxy groups -OCH3 is 2. The van der Waals surface area contributed by atoms with E-state index in [4.69, 9.17) is 28.4 Å². The zero-order chi connectivity index (χ0) is 57.4. The van der Waals surface area contributed by atoms with Crippen LogP contribution in [0.15, 0.2) is 47.6 Å². The first-order valence-electron chi connectivity index (χ1n) is 28.4. The van der Waals surface area contributed by atoms with Crippen molar-refractivity contribution in [3.63, 3.8) is 0 Å². The number of ketones is 3. The van der Waals surface area contributed by atoms with Gasteiger partial charge in [-0.05, 0) is 113 Å². The molecular formula is C59H91N3O16. The summed E-state index contributed by atoms with van der Waals surface area (Å²) in [6.45, 7) is 14.9. The summed E-state index contributed by atoms with van der Waals surface area (Å²) < 4.78 is 36.3. The van der Waals surface area contributed by atoms with Crippen molar-refractivity contribution >= 4 is 41.2 Å². The van der Waals surface area contributed by atoms with Gasteiger partial charge in [0, 0.05) is 71.4 Å². The van der Waals surface area contributed by atoms with Crippen molar-refractivity contribution in [2.75, 3.05) is 47.1 Å². The maximum atomic E-state index is 14.5. The van der Waals surface area contributed by atoms with E-state index in [2.05, 4.69) is 5.32 Å². The summed E-state index contributed by atoms with van der Waals surface area (Å²) in [6, 6.07) is -1.67. The Hall–Kier alpha value is -4.47. The van der Waals surface area contributed by atoms with Gasteiger partial charge in [0.1, 0.15) is 30.1 Å². The van der Waals surface area contributed by atoms with Crippen LogP contribution in [-0.2, 0) is 57.2 Å². The first-order chi connectivity index (χ1) is 37.0. The van der Waals surface area contributed by atoms with Crippen LogP contribution in [0.2, 0.25) is 0 Å². The number of aliphatic hydroxyl groups excluding tert-OH is 2. The molecule has 0 aromatic heterocycles. The number of allylic oxidation sites excluding steroid dienone is 6. The summed E-state index contributed by atoms with van der Waals surface area (Å²) in [6.07, 6.45) is 10.3. The standard InChI is InChI=1S/C59H91N3O16/c1-35-16-12-11-13-17-36(2)49(76-27-26-75-45-23-25-61(34-45)58(71)60-42(8)63)32-44-21-19-41(7)59(72,78-44)55(68)56(69)62-24-15-14-18-46(62)57(70)77-50(38(4)30-43-20-22-47(64)51(31-43)73-9)33-48(65)37(3)29-40(6)53(67)54(74-10)52(66)39(5)28-35/h11-13,16-17,29,35,37-39,41,43-47,49-51,53-54,64,67,72H,14-15,18-28,30-34H2,1-10H3,(H,60,63,71)/b13-11+,16-12+,36-17+,40-29+/t35-,37-,38-,39-,41-,43+,44+,45-,46+,47-,49?,50+,51-,53-,54+,59-/m1/s1. The third-order valence-electron chi connectivity index (χ3n) is 16.7. The number of likely N-dealkylation sites (tertiary alicyclic amines) is 1. The van der Waals surface area contributed by atoms with Gasteiger partial charge in [-0.25, -0.2) is 9.59 Å². The number of urea groups is 1. The van der Waals surface area contributed by atoms with Crippen LogP contribution in [0.1, 0.15) is 139 Å². The normalized spacial score (nSPS) is 37.5. The molecule has 4 N–H and O–H groups in total. The maximum Gasteiger partial charge on any atom is 0.329 e. The summed E-state index contributed by atoms with van der Waals surface area (Å²) in [4.78, 5) is 98.2. The number of ether oxygens (including phenoxy) is 6. The first kappa shape index (κ1) is 64.4. The van der Waals surface area contributed by atoms with Crippen LogP contribution in [0.4, 0.5) is 4.79 Å². The van der Waals surface area contributed by atoms with Gasteiger partial charge in [-0.15, -0.1) is 0 Å². The number of fused-ring (bicyclic) bond motifs is 3. The van der Waals surface area contributed by atoms with Gasteiger partial charge < -0.3 is 53.5 Å². The van der Waals surface area contributed by atoms with Crippen LogP contribution in [0.3, 0.4) is 0 Å². The molecule has 4 fully saturated rings. The van der Waals surface area contributed by atoms with Crippen molar-refractivity contribution in [1.29, 1.82) is 0 Å². The summed E-state index contributed by atoms with van der Waals surface area (Å²) in [7, 11) is 2.92. The number of carbonyl (C=O) groups excluding carboxylic acids is 7. The smallest absolute Gasteiger partial charge is 0.329 e. The number of aliphatic hydroxyl groups is 3. The number of carbonyl (C=O) groups is 7. The van der Waals surface area contributed by atoms with Gasteiger partial charge in [0.2, 0.25) is 11.7 Å². The number of cyclic esters (lactones) is 1. The lowest BCUT2D eigenvalue weighted by molar-refractivity contribution is -0.266.